The van der Waals surface area contributed by atoms with Crippen LogP contribution >= 0.6 is 0 Å². The zero-order chi connectivity index (χ0) is 24.8. The number of aliphatic hydroxyl groups excluding tert-OH is 1. The van der Waals surface area contributed by atoms with Crippen LogP contribution in [0, 0.1) is 29.6 Å². The molecular weight excluding hydrogens is 418 g/mol. The molecular formula is C27H49NO5. The van der Waals surface area contributed by atoms with E-state index < -0.39 is 17.8 Å². The molecule has 0 unspecified atom stereocenters. The molecule has 6 nitrogen and oxygen atoms in total. The average Bonchev–Trinajstić information content (AvgIpc) is 2.82. The summed E-state index contributed by atoms with van der Waals surface area (Å²) in [6, 6.07) is 0. The summed E-state index contributed by atoms with van der Waals surface area (Å²) in [6.45, 7) is 14.6. The van der Waals surface area contributed by atoms with Crippen molar-refractivity contribution in [2.75, 3.05) is 14.2 Å². The molecule has 0 aromatic rings. The van der Waals surface area contributed by atoms with E-state index >= 15 is 0 Å². The first-order valence-corrected chi connectivity index (χ1v) is 13.0. The highest BCUT2D eigenvalue weighted by molar-refractivity contribution is 5.77. The highest BCUT2D eigenvalue weighted by Crippen LogP contribution is 2.45. The van der Waals surface area contributed by atoms with Crippen LogP contribution in [0.5, 0.6) is 0 Å². The Hall–Kier alpha value is -0.950. The molecule has 2 aliphatic heterocycles. The van der Waals surface area contributed by atoms with Gasteiger partial charge in [-0.1, -0.05) is 40.7 Å². The molecule has 0 aliphatic carbocycles. The molecule has 0 bridgehead atoms. The number of rotatable bonds is 11. The molecule has 2 aliphatic rings. The van der Waals surface area contributed by atoms with Crippen molar-refractivity contribution in [2.24, 2.45) is 29.6 Å². The number of aliphatic hydroxyl groups is 1. The number of carbonyl (C=O) groups excluding carboxylic acids is 1. The third kappa shape index (κ3) is 7.51. The lowest BCUT2D eigenvalue weighted by molar-refractivity contribution is -0.338. The van der Waals surface area contributed by atoms with Gasteiger partial charge in [0.05, 0.1) is 31.3 Å². The molecule has 9 atom stereocenters. The van der Waals surface area contributed by atoms with Gasteiger partial charge < -0.3 is 14.6 Å². The number of hydrogen-bond donors (Lipinski definition) is 1. The number of carbonyl (C=O) groups is 1. The Balaban J connectivity index is 1.95. The summed E-state index contributed by atoms with van der Waals surface area (Å²) in [5.41, 5.74) is 0. The SMILES string of the molecule is C=C[C@@H](C)CC[C@@H]1O[C@@]2(CC[C@H]1C)CC[C@H](C)[C@H]([C@H](C)CC[C@H](O)[C@H](C)C(=O)N(C)OC)O2. The fourth-order valence-electron chi connectivity index (χ4n) is 5.34. The largest absolute Gasteiger partial charge is 0.392 e. The highest BCUT2D eigenvalue weighted by atomic mass is 16.7. The van der Waals surface area contributed by atoms with E-state index in [0.29, 0.717) is 24.2 Å². The summed E-state index contributed by atoms with van der Waals surface area (Å²) in [4.78, 5) is 17.3. The van der Waals surface area contributed by atoms with Gasteiger partial charge in [0.1, 0.15) is 0 Å². The van der Waals surface area contributed by atoms with Gasteiger partial charge in [-0.25, -0.2) is 5.06 Å². The maximum absolute atomic E-state index is 12.3. The maximum atomic E-state index is 12.3. The summed E-state index contributed by atoms with van der Waals surface area (Å²) in [6.07, 6.45) is 9.29. The summed E-state index contributed by atoms with van der Waals surface area (Å²) in [7, 11) is 3.02. The van der Waals surface area contributed by atoms with Crippen molar-refractivity contribution in [3.05, 3.63) is 12.7 Å². The third-order valence-corrected chi connectivity index (χ3v) is 8.21. The van der Waals surface area contributed by atoms with E-state index in [-0.39, 0.29) is 24.0 Å². The van der Waals surface area contributed by atoms with Crippen LogP contribution in [0.3, 0.4) is 0 Å². The lowest BCUT2D eigenvalue weighted by Crippen LogP contribution is -2.53. The van der Waals surface area contributed by atoms with E-state index in [4.69, 9.17) is 14.3 Å². The summed E-state index contributed by atoms with van der Waals surface area (Å²) < 4.78 is 13.5. The van der Waals surface area contributed by atoms with Gasteiger partial charge in [0.2, 0.25) is 0 Å². The number of nitrogens with zero attached hydrogens (tertiary/aromatic N) is 1. The van der Waals surface area contributed by atoms with E-state index in [9.17, 15) is 9.90 Å². The third-order valence-electron chi connectivity index (χ3n) is 8.21. The van der Waals surface area contributed by atoms with Crippen molar-refractivity contribution in [3.8, 4) is 0 Å². The zero-order valence-electron chi connectivity index (χ0n) is 22.1. The van der Waals surface area contributed by atoms with Crippen molar-refractivity contribution >= 4 is 5.91 Å². The van der Waals surface area contributed by atoms with Crippen molar-refractivity contribution in [3.63, 3.8) is 0 Å². The monoisotopic (exact) mass is 467 g/mol. The lowest BCUT2D eigenvalue weighted by Gasteiger charge is -2.51. The molecule has 2 rings (SSSR count). The van der Waals surface area contributed by atoms with Gasteiger partial charge >= 0.3 is 0 Å². The van der Waals surface area contributed by atoms with Gasteiger partial charge in [0, 0.05) is 19.9 Å². The second-order valence-electron chi connectivity index (χ2n) is 10.9. The van der Waals surface area contributed by atoms with E-state index in [1.165, 1.54) is 12.2 Å². The summed E-state index contributed by atoms with van der Waals surface area (Å²) >= 11 is 0. The lowest BCUT2D eigenvalue weighted by atomic mass is 9.79. The van der Waals surface area contributed by atoms with Gasteiger partial charge in [-0.15, -0.1) is 6.58 Å². The molecule has 1 N–H and O–H groups in total. The van der Waals surface area contributed by atoms with E-state index in [2.05, 4.69) is 34.3 Å². The number of hydroxylamine groups is 2. The molecule has 0 aromatic heterocycles. The van der Waals surface area contributed by atoms with Crippen LogP contribution < -0.4 is 0 Å². The number of allylic oxidation sites excluding steroid dienone is 1. The minimum atomic E-state index is -0.701. The first kappa shape index (κ1) is 28.3. The van der Waals surface area contributed by atoms with Crippen molar-refractivity contribution < 1.29 is 24.2 Å². The Morgan fingerprint density at radius 1 is 1.15 bits per heavy atom. The molecule has 6 heteroatoms. The highest BCUT2D eigenvalue weighted by Gasteiger charge is 2.47. The zero-order valence-corrected chi connectivity index (χ0v) is 22.1. The normalized spacial score (nSPS) is 33.8. The van der Waals surface area contributed by atoms with Crippen LogP contribution in [0.15, 0.2) is 12.7 Å². The Bertz CT molecular complexity index is 624. The smallest absolute Gasteiger partial charge is 0.251 e. The second-order valence-corrected chi connectivity index (χ2v) is 10.9. The van der Waals surface area contributed by atoms with E-state index in [1.807, 2.05) is 6.08 Å². The molecule has 2 saturated heterocycles. The second kappa shape index (κ2) is 12.7. The molecule has 1 spiro atoms. The Morgan fingerprint density at radius 2 is 1.79 bits per heavy atom. The topological polar surface area (TPSA) is 68.2 Å². The van der Waals surface area contributed by atoms with E-state index in [0.717, 1.165) is 44.9 Å². The number of ether oxygens (including phenoxy) is 2. The van der Waals surface area contributed by atoms with Crippen LogP contribution in [0.4, 0.5) is 0 Å². The minimum Gasteiger partial charge on any atom is -0.392 e. The summed E-state index contributed by atoms with van der Waals surface area (Å²) in [5.74, 6) is 0.595. The Morgan fingerprint density at radius 3 is 2.39 bits per heavy atom. The molecule has 1 amide bonds. The first-order valence-electron chi connectivity index (χ1n) is 13.0. The Labute approximate surface area is 202 Å². The predicted octanol–water partition coefficient (Wildman–Crippen LogP) is 5.35. The molecule has 2 heterocycles. The van der Waals surface area contributed by atoms with Crippen LogP contribution in [-0.4, -0.2) is 54.3 Å². The minimum absolute atomic E-state index is 0.0970. The van der Waals surface area contributed by atoms with Crippen LogP contribution in [0.1, 0.15) is 86.0 Å². The van der Waals surface area contributed by atoms with Crippen LogP contribution in [0.2, 0.25) is 0 Å². The van der Waals surface area contributed by atoms with Crippen molar-refractivity contribution in [1.29, 1.82) is 0 Å². The van der Waals surface area contributed by atoms with Gasteiger partial charge in [-0.05, 0) is 62.2 Å². The molecule has 33 heavy (non-hydrogen) atoms. The van der Waals surface area contributed by atoms with Crippen LogP contribution in [0.25, 0.3) is 0 Å². The number of amides is 1. The standard InChI is InChI=1S/C27H49NO5/c1-9-18(2)10-13-24-19(3)14-16-27(32-24)17-15-21(5)25(33-27)20(4)11-12-23(29)22(6)26(30)28(7)31-8/h9,18-25,29H,1,10-17H2,2-8H3/t18-,19-,20-,21+,22+,23+,24+,25+,27-/m1/s1. The predicted molar refractivity (Wildman–Crippen MR) is 131 cm³/mol. The molecule has 0 radical (unpaired) electrons. The molecule has 2 fully saturated rings. The molecule has 0 saturated carbocycles. The molecule has 192 valence electrons. The fourth-order valence-corrected chi connectivity index (χ4v) is 5.34. The van der Waals surface area contributed by atoms with Crippen molar-refractivity contribution in [1.82, 2.24) is 5.06 Å². The van der Waals surface area contributed by atoms with Gasteiger partial charge in [-0.2, -0.15) is 0 Å². The fraction of sp³-hybridized carbons (Fsp3) is 0.889. The summed E-state index contributed by atoms with van der Waals surface area (Å²) in [5, 5.41) is 11.8. The quantitative estimate of drug-likeness (QED) is 0.328. The van der Waals surface area contributed by atoms with Crippen molar-refractivity contribution in [2.45, 2.75) is 110 Å². The van der Waals surface area contributed by atoms with Gasteiger partial charge in [-0.3, -0.25) is 9.63 Å². The first-order chi connectivity index (χ1) is 15.5. The van der Waals surface area contributed by atoms with Gasteiger partial charge in [0.25, 0.3) is 5.91 Å². The number of hydrogen-bond acceptors (Lipinski definition) is 5. The average molecular weight is 468 g/mol. The molecule has 0 aromatic carbocycles. The maximum Gasteiger partial charge on any atom is 0.251 e. The Kier molecular flexibility index (Phi) is 10.9. The van der Waals surface area contributed by atoms with Gasteiger partial charge in [0.15, 0.2) is 5.79 Å². The van der Waals surface area contributed by atoms with Crippen LogP contribution in [-0.2, 0) is 19.1 Å². The van der Waals surface area contributed by atoms with E-state index in [1.54, 1.807) is 14.0 Å².